The maximum absolute atomic E-state index is 12.4. The number of carbonyl (C=O) groups is 2. The molecule has 2 amide bonds. The van der Waals surface area contributed by atoms with Gasteiger partial charge in [0.15, 0.2) is 6.61 Å². The molecule has 0 heterocycles. The first-order chi connectivity index (χ1) is 18.5. The van der Waals surface area contributed by atoms with Crippen LogP contribution in [0.3, 0.4) is 0 Å². The molecule has 0 fully saturated rings. The van der Waals surface area contributed by atoms with Crippen LogP contribution in [0.25, 0.3) is 0 Å². The van der Waals surface area contributed by atoms with Gasteiger partial charge in [-0.15, -0.1) is 0 Å². The second kappa shape index (κ2) is 13.6. The summed E-state index contributed by atoms with van der Waals surface area (Å²) in [5.41, 5.74) is 5.51. The van der Waals surface area contributed by atoms with Crippen LogP contribution in [0.15, 0.2) is 84.0 Å². The molecule has 2 N–H and O–H groups in total. The number of sulfonamides is 1. The standard InChI is InChI=1S/C29H34N4O5S/c1-21(2)24-12-14-26(15-13-24)33(39(4,36)37)19-28(34)32-30-18-23-10-16-27(17-11-23)38-20-29(35)31-22(3)25-8-6-5-7-9-25/h5-18,21-22H,19-20H2,1-4H3,(H,31,35)(H,32,34)/b30-18-/t22-/m1/s1. The summed E-state index contributed by atoms with van der Waals surface area (Å²) >= 11 is 0. The molecule has 3 aromatic carbocycles. The van der Waals surface area contributed by atoms with Gasteiger partial charge in [-0.2, -0.15) is 5.10 Å². The molecule has 0 aliphatic heterocycles. The number of nitrogens with one attached hydrogen (secondary N) is 2. The molecule has 10 heteroatoms. The molecule has 0 unspecified atom stereocenters. The van der Waals surface area contributed by atoms with Crippen molar-refractivity contribution in [1.29, 1.82) is 0 Å². The van der Waals surface area contributed by atoms with E-state index in [9.17, 15) is 18.0 Å². The van der Waals surface area contributed by atoms with Crippen LogP contribution in [0, 0.1) is 0 Å². The molecule has 206 valence electrons. The lowest BCUT2D eigenvalue weighted by atomic mass is 10.0. The molecule has 39 heavy (non-hydrogen) atoms. The monoisotopic (exact) mass is 550 g/mol. The highest BCUT2D eigenvalue weighted by molar-refractivity contribution is 7.92. The van der Waals surface area contributed by atoms with Gasteiger partial charge in [0.2, 0.25) is 10.0 Å². The number of rotatable bonds is 12. The molecule has 3 aromatic rings. The van der Waals surface area contributed by atoms with E-state index in [0.717, 1.165) is 21.7 Å². The summed E-state index contributed by atoms with van der Waals surface area (Å²) in [5, 5.41) is 6.81. The van der Waals surface area contributed by atoms with Gasteiger partial charge >= 0.3 is 0 Å². The van der Waals surface area contributed by atoms with Crippen molar-refractivity contribution in [2.24, 2.45) is 5.10 Å². The number of hydrazone groups is 1. The fraction of sp³-hybridized carbons (Fsp3) is 0.276. The normalized spacial score (nSPS) is 12.2. The van der Waals surface area contributed by atoms with Crippen molar-refractivity contribution in [3.05, 3.63) is 95.6 Å². The zero-order valence-electron chi connectivity index (χ0n) is 22.5. The van der Waals surface area contributed by atoms with Crippen LogP contribution in [-0.4, -0.2) is 45.9 Å². The maximum Gasteiger partial charge on any atom is 0.260 e. The lowest BCUT2D eigenvalue weighted by Crippen LogP contribution is -2.39. The summed E-state index contributed by atoms with van der Waals surface area (Å²) in [7, 11) is -3.68. The Morgan fingerprint density at radius 2 is 1.54 bits per heavy atom. The van der Waals surface area contributed by atoms with Gasteiger partial charge in [0.25, 0.3) is 11.8 Å². The molecule has 0 aliphatic carbocycles. The van der Waals surface area contributed by atoms with E-state index in [-0.39, 0.29) is 18.6 Å². The second-order valence-corrected chi connectivity index (χ2v) is 11.3. The summed E-state index contributed by atoms with van der Waals surface area (Å²) in [6.07, 6.45) is 2.48. The van der Waals surface area contributed by atoms with Gasteiger partial charge in [0.05, 0.1) is 24.2 Å². The average Bonchev–Trinajstić information content (AvgIpc) is 2.91. The average molecular weight is 551 g/mol. The number of anilines is 1. The van der Waals surface area contributed by atoms with E-state index in [4.69, 9.17) is 4.74 Å². The van der Waals surface area contributed by atoms with Crippen LogP contribution in [-0.2, 0) is 19.6 Å². The molecule has 3 rings (SSSR count). The van der Waals surface area contributed by atoms with Gasteiger partial charge in [0, 0.05) is 0 Å². The number of ether oxygens (including phenoxy) is 1. The van der Waals surface area contributed by atoms with E-state index < -0.39 is 22.5 Å². The van der Waals surface area contributed by atoms with E-state index >= 15 is 0 Å². The third kappa shape index (κ3) is 9.26. The van der Waals surface area contributed by atoms with Crippen molar-refractivity contribution in [2.75, 3.05) is 23.7 Å². The first-order valence-corrected chi connectivity index (χ1v) is 14.3. The van der Waals surface area contributed by atoms with E-state index in [1.807, 2.05) is 63.2 Å². The number of amides is 2. The Morgan fingerprint density at radius 3 is 2.13 bits per heavy atom. The first-order valence-electron chi connectivity index (χ1n) is 12.5. The Bertz CT molecular complexity index is 1370. The molecule has 0 radical (unpaired) electrons. The number of benzene rings is 3. The lowest BCUT2D eigenvalue weighted by molar-refractivity contribution is -0.123. The Labute approximate surface area is 229 Å². The predicted molar refractivity (Wildman–Crippen MR) is 153 cm³/mol. The third-order valence-electron chi connectivity index (χ3n) is 5.87. The van der Waals surface area contributed by atoms with Gasteiger partial charge in [0.1, 0.15) is 12.3 Å². The highest BCUT2D eigenvalue weighted by Gasteiger charge is 2.21. The van der Waals surface area contributed by atoms with Crippen LogP contribution >= 0.6 is 0 Å². The quantitative estimate of drug-likeness (QED) is 0.261. The second-order valence-electron chi connectivity index (χ2n) is 9.37. The minimum atomic E-state index is -3.68. The summed E-state index contributed by atoms with van der Waals surface area (Å²) in [6, 6.07) is 23.4. The highest BCUT2D eigenvalue weighted by Crippen LogP contribution is 2.22. The van der Waals surface area contributed by atoms with Gasteiger partial charge in [-0.1, -0.05) is 56.3 Å². The van der Waals surface area contributed by atoms with Crippen molar-refractivity contribution < 1.29 is 22.7 Å². The van der Waals surface area contributed by atoms with Crippen molar-refractivity contribution in [1.82, 2.24) is 10.7 Å². The summed E-state index contributed by atoms with van der Waals surface area (Å²) < 4.78 is 31.2. The van der Waals surface area contributed by atoms with E-state index in [1.54, 1.807) is 36.4 Å². The molecular formula is C29H34N4O5S. The molecule has 0 saturated heterocycles. The van der Waals surface area contributed by atoms with E-state index in [0.29, 0.717) is 22.9 Å². The van der Waals surface area contributed by atoms with Crippen molar-refractivity contribution in [3.63, 3.8) is 0 Å². The minimum Gasteiger partial charge on any atom is -0.484 e. The zero-order chi connectivity index (χ0) is 28.4. The first kappa shape index (κ1) is 29.4. The third-order valence-corrected chi connectivity index (χ3v) is 7.01. The maximum atomic E-state index is 12.4. The summed E-state index contributed by atoms with van der Waals surface area (Å²) in [6.45, 7) is 5.46. The highest BCUT2D eigenvalue weighted by atomic mass is 32.2. The van der Waals surface area contributed by atoms with Crippen LogP contribution in [0.2, 0.25) is 0 Å². The topological polar surface area (TPSA) is 117 Å². The van der Waals surface area contributed by atoms with Gasteiger partial charge in [-0.25, -0.2) is 13.8 Å². The molecule has 9 nitrogen and oxygen atoms in total. The SMILES string of the molecule is CC(C)c1ccc(N(CC(=O)N/N=C\c2ccc(OCC(=O)N[C@H](C)c3ccccc3)cc2)S(C)(=O)=O)cc1. The largest absolute Gasteiger partial charge is 0.484 e. The molecule has 0 aliphatic rings. The van der Waals surface area contributed by atoms with Crippen LogP contribution < -0.4 is 19.8 Å². The predicted octanol–water partition coefficient (Wildman–Crippen LogP) is 3.98. The summed E-state index contributed by atoms with van der Waals surface area (Å²) in [5.74, 6) is -0.0118. The molecule has 0 spiro atoms. The lowest BCUT2D eigenvalue weighted by Gasteiger charge is -2.21. The van der Waals surface area contributed by atoms with Gasteiger partial charge in [-0.3, -0.25) is 13.9 Å². The van der Waals surface area contributed by atoms with Crippen molar-refractivity contribution >= 4 is 33.7 Å². The molecule has 0 bridgehead atoms. The number of hydrogen-bond acceptors (Lipinski definition) is 6. The molecule has 0 saturated carbocycles. The van der Waals surface area contributed by atoms with E-state index in [1.165, 1.54) is 6.21 Å². The molecular weight excluding hydrogens is 516 g/mol. The summed E-state index contributed by atoms with van der Waals surface area (Å²) in [4.78, 5) is 24.6. The van der Waals surface area contributed by atoms with Gasteiger partial charge in [-0.05, 0) is 65.9 Å². The Hall–Kier alpha value is -4.18. The van der Waals surface area contributed by atoms with Crippen molar-refractivity contribution in [3.8, 4) is 5.75 Å². The Balaban J connectivity index is 1.49. The van der Waals surface area contributed by atoms with Crippen LogP contribution in [0.5, 0.6) is 5.75 Å². The minimum absolute atomic E-state index is 0.127. The van der Waals surface area contributed by atoms with Crippen LogP contribution in [0.4, 0.5) is 5.69 Å². The fourth-order valence-electron chi connectivity index (χ4n) is 3.68. The number of nitrogens with zero attached hydrogens (tertiary/aromatic N) is 2. The van der Waals surface area contributed by atoms with Crippen LogP contribution in [0.1, 0.15) is 49.4 Å². The zero-order valence-corrected chi connectivity index (χ0v) is 23.3. The molecule has 1 atom stereocenters. The van der Waals surface area contributed by atoms with E-state index in [2.05, 4.69) is 15.8 Å². The smallest absolute Gasteiger partial charge is 0.260 e. The fourth-order valence-corrected chi connectivity index (χ4v) is 4.53. The molecule has 0 aromatic heterocycles. The number of carbonyl (C=O) groups excluding carboxylic acids is 2. The number of hydrogen-bond donors (Lipinski definition) is 2. The Kier molecular flexibility index (Phi) is 10.2. The van der Waals surface area contributed by atoms with Gasteiger partial charge < -0.3 is 10.1 Å². The Morgan fingerprint density at radius 1 is 0.897 bits per heavy atom. The van der Waals surface area contributed by atoms with Crippen molar-refractivity contribution in [2.45, 2.75) is 32.7 Å².